The normalized spacial score (nSPS) is 11.9. The smallest absolute Gasteiger partial charge is 0.181 e. The van der Waals surface area contributed by atoms with E-state index >= 15 is 0 Å². The fraction of sp³-hybridized carbons (Fsp3) is 0.133. The predicted octanol–water partition coefficient (Wildman–Crippen LogP) is 4.01. The minimum absolute atomic E-state index is 0.0279. The second kappa shape index (κ2) is 5.83. The molecule has 0 aliphatic carbocycles. The number of alkyl halides is 1. The van der Waals surface area contributed by atoms with Gasteiger partial charge in [0, 0.05) is 5.56 Å². The molecule has 0 amide bonds. The topological polar surface area (TPSA) is 26.3 Å². The van der Waals surface area contributed by atoms with Gasteiger partial charge in [0.2, 0.25) is 0 Å². The number of ketones is 1. The van der Waals surface area contributed by atoms with Crippen molar-refractivity contribution in [1.29, 1.82) is 0 Å². The van der Waals surface area contributed by atoms with Crippen molar-refractivity contribution in [3.63, 3.8) is 0 Å². The maximum absolute atomic E-state index is 12.3. The van der Waals surface area contributed by atoms with Gasteiger partial charge in [0.25, 0.3) is 0 Å². The van der Waals surface area contributed by atoms with Crippen LogP contribution in [0.5, 0.6) is 5.75 Å². The van der Waals surface area contributed by atoms with Gasteiger partial charge in [0.1, 0.15) is 10.6 Å². The minimum Gasteiger partial charge on any atom is -0.497 e. The molecule has 0 saturated carbocycles. The zero-order chi connectivity index (χ0) is 13.0. The molecule has 2 nitrogen and oxygen atoms in total. The summed E-state index contributed by atoms with van der Waals surface area (Å²) in [6.45, 7) is 0. The lowest BCUT2D eigenvalue weighted by atomic mass is 10.0. The van der Waals surface area contributed by atoms with E-state index in [9.17, 15) is 4.79 Å². The van der Waals surface area contributed by atoms with Crippen LogP contribution in [-0.2, 0) is 0 Å². The number of Topliss-reactive ketones (excluding diaryl/α,β-unsaturated/α-hetero) is 1. The first-order valence-electron chi connectivity index (χ1n) is 5.59. The number of hydrogen-bond acceptors (Lipinski definition) is 2. The Morgan fingerprint density at radius 1 is 1.11 bits per heavy atom. The number of rotatable bonds is 4. The molecule has 0 aliphatic heterocycles. The van der Waals surface area contributed by atoms with Crippen molar-refractivity contribution < 1.29 is 9.53 Å². The summed E-state index contributed by atoms with van der Waals surface area (Å²) in [5, 5.41) is 0. The van der Waals surface area contributed by atoms with Gasteiger partial charge in [-0.1, -0.05) is 58.4 Å². The van der Waals surface area contributed by atoms with Crippen LogP contribution >= 0.6 is 15.9 Å². The summed E-state index contributed by atoms with van der Waals surface area (Å²) in [4.78, 5) is 12.0. The summed E-state index contributed by atoms with van der Waals surface area (Å²) in [5.41, 5.74) is 1.59. The summed E-state index contributed by atoms with van der Waals surface area (Å²) >= 11 is 3.44. The second-order valence-corrected chi connectivity index (χ2v) is 4.79. The number of halogens is 1. The van der Waals surface area contributed by atoms with Crippen LogP contribution < -0.4 is 4.74 Å². The van der Waals surface area contributed by atoms with Crippen molar-refractivity contribution in [3.8, 4) is 5.75 Å². The molecule has 2 aromatic rings. The zero-order valence-corrected chi connectivity index (χ0v) is 11.6. The lowest BCUT2D eigenvalue weighted by Gasteiger charge is -2.10. The fourth-order valence-corrected chi connectivity index (χ4v) is 2.27. The van der Waals surface area contributed by atoms with Crippen molar-refractivity contribution in [2.75, 3.05) is 7.11 Å². The highest BCUT2D eigenvalue weighted by Crippen LogP contribution is 2.27. The van der Waals surface area contributed by atoms with Gasteiger partial charge in [-0.3, -0.25) is 4.79 Å². The average Bonchev–Trinajstić information content (AvgIpc) is 2.46. The van der Waals surface area contributed by atoms with E-state index in [4.69, 9.17) is 4.74 Å². The van der Waals surface area contributed by atoms with Crippen LogP contribution in [0.3, 0.4) is 0 Å². The Labute approximate surface area is 115 Å². The molecule has 0 heterocycles. The molecule has 2 aromatic carbocycles. The molecule has 0 fully saturated rings. The van der Waals surface area contributed by atoms with Gasteiger partial charge >= 0.3 is 0 Å². The summed E-state index contributed by atoms with van der Waals surface area (Å²) < 4.78 is 5.12. The molecule has 18 heavy (non-hydrogen) atoms. The van der Waals surface area contributed by atoms with Gasteiger partial charge in [0.15, 0.2) is 5.78 Å². The monoisotopic (exact) mass is 304 g/mol. The van der Waals surface area contributed by atoms with E-state index in [1.807, 2.05) is 42.5 Å². The molecule has 92 valence electrons. The Morgan fingerprint density at radius 2 is 1.83 bits per heavy atom. The van der Waals surface area contributed by atoms with Crippen LogP contribution in [-0.4, -0.2) is 12.9 Å². The quantitative estimate of drug-likeness (QED) is 0.630. The second-order valence-electron chi connectivity index (χ2n) is 3.87. The molecule has 3 heteroatoms. The summed E-state index contributed by atoms with van der Waals surface area (Å²) in [6, 6.07) is 16.8. The van der Waals surface area contributed by atoms with E-state index in [2.05, 4.69) is 15.9 Å². The van der Waals surface area contributed by atoms with Gasteiger partial charge in [-0.2, -0.15) is 0 Å². The van der Waals surface area contributed by atoms with Crippen LogP contribution in [0.2, 0.25) is 0 Å². The minimum atomic E-state index is -0.328. The van der Waals surface area contributed by atoms with Gasteiger partial charge in [-0.25, -0.2) is 0 Å². The maximum Gasteiger partial charge on any atom is 0.181 e. The van der Waals surface area contributed by atoms with Gasteiger partial charge in [-0.15, -0.1) is 0 Å². The SMILES string of the molecule is COc1cccc(C(=O)C(Br)c2ccccc2)c1. The highest BCUT2D eigenvalue weighted by molar-refractivity contribution is 9.09. The van der Waals surface area contributed by atoms with Gasteiger partial charge < -0.3 is 4.74 Å². The Kier molecular flexibility index (Phi) is 4.15. The lowest BCUT2D eigenvalue weighted by Crippen LogP contribution is -2.07. The van der Waals surface area contributed by atoms with Crippen molar-refractivity contribution in [3.05, 3.63) is 65.7 Å². The number of carbonyl (C=O) groups excluding carboxylic acids is 1. The molecule has 0 N–H and O–H groups in total. The Bertz CT molecular complexity index is 537. The van der Waals surface area contributed by atoms with Gasteiger partial charge in [0.05, 0.1) is 7.11 Å². The third-order valence-corrected chi connectivity index (χ3v) is 3.62. The molecular weight excluding hydrogens is 292 g/mol. The van der Waals surface area contributed by atoms with E-state index in [-0.39, 0.29) is 10.6 Å². The van der Waals surface area contributed by atoms with Crippen molar-refractivity contribution in [2.45, 2.75) is 4.83 Å². The zero-order valence-electron chi connectivity index (χ0n) is 9.97. The fourth-order valence-electron chi connectivity index (χ4n) is 1.70. The van der Waals surface area contributed by atoms with Gasteiger partial charge in [-0.05, 0) is 17.7 Å². The first-order chi connectivity index (χ1) is 8.72. The summed E-state index contributed by atoms with van der Waals surface area (Å²) in [7, 11) is 1.59. The number of ether oxygens (including phenoxy) is 1. The van der Waals surface area contributed by atoms with E-state index in [1.165, 1.54) is 0 Å². The highest BCUT2D eigenvalue weighted by Gasteiger charge is 2.18. The van der Waals surface area contributed by atoms with Crippen LogP contribution in [0.25, 0.3) is 0 Å². The molecular formula is C15H13BrO2. The molecule has 0 aliphatic rings. The summed E-state index contributed by atoms with van der Waals surface area (Å²) in [5.74, 6) is 0.716. The average molecular weight is 305 g/mol. The van der Waals surface area contributed by atoms with E-state index in [1.54, 1.807) is 19.2 Å². The third kappa shape index (κ3) is 2.79. The summed E-state index contributed by atoms with van der Waals surface area (Å²) in [6.07, 6.45) is 0. The van der Waals surface area contributed by atoms with Crippen LogP contribution in [0.1, 0.15) is 20.7 Å². The van der Waals surface area contributed by atoms with Crippen LogP contribution in [0.15, 0.2) is 54.6 Å². The molecule has 0 spiro atoms. The Hall–Kier alpha value is -1.61. The predicted molar refractivity (Wildman–Crippen MR) is 75.4 cm³/mol. The highest BCUT2D eigenvalue weighted by atomic mass is 79.9. The van der Waals surface area contributed by atoms with Crippen molar-refractivity contribution >= 4 is 21.7 Å². The number of carbonyl (C=O) groups is 1. The Morgan fingerprint density at radius 3 is 2.50 bits per heavy atom. The van der Waals surface area contributed by atoms with E-state index in [0.29, 0.717) is 11.3 Å². The molecule has 1 unspecified atom stereocenters. The molecule has 0 radical (unpaired) electrons. The van der Waals surface area contributed by atoms with Crippen LogP contribution in [0.4, 0.5) is 0 Å². The van der Waals surface area contributed by atoms with Crippen molar-refractivity contribution in [1.82, 2.24) is 0 Å². The largest absolute Gasteiger partial charge is 0.497 e. The number of benzene rings is 2. The number of hydrogen-bond donors (Lipinski definition) is 0. The van der Waals surface area contributed by atoms with Crippen molar-refractivity contribution in [2.24, 2.45) is 0 Å². The molecule has 0 saturated heterocycles. The first kappa shape index (κ1) is 12.8. The number of methoxy groups -OCH3 is 1. The molecule has 0 bridgehead atoms. The van der Waals surface area contributed by atoms with Crippen LogP contribution in [0, 0.1) is 0 Å². The van der Waals surface area contributed by atoms with E-state index < -0.39 is 0 Å². The van der Waals surface area contributed by atoms with E-state index in [0.717, 1.165) is 5.56 Å². The molecule has 0 aromatic heterocycles. The Balaban J connectivity index is 2.25. The molecule has 2 rings (SSSR count). The third-order valence-electron chi connectivity index (χ3n) is 2.68. The maximum atomic E-state index is 12.3. The molecule has 1 atom stereocenters. The lowest BCUT2D eigenvalue weighted by molar-refractivity contribution is 0.0991. The standard InChI is InChI=1S/C15H13BrO2/c1-18-13-9-5-8-12(10-13)15(17)14(16)11-6-3-2-4-7-11/h2-10,14H,1H3. The first-order valence-corrected chi connectivity index (χ1v) is 6.51.